The number of nitrogens with one attached hydrogen (secondary N) is 1. The predicted molar refractivity (Wildman–Crippen MR) is 139 cm³/mol. The molecule has 4 heteroatoms. The molecule has 178 valence electrons. The van der Waals surface area contributed by atoms with Gasteiger partial charge in [-0.15, -0.1) is 0 Å². The third-order valence-corrected chi connectivity index (χ3v) is 4.65. The second kappa shape index (κ2) is 19.4. The molecule has 0 saturated carbocycles. The molecule has 0 heterocycles. The van der Waals surface area contributed by atoms with Gasteiger partial charge in [-0.25, -0.2) is 0 Å². The molecule has 1 aromatic rings. The highest BCUT2D eigenvalue weighted by molar-refractivity contribution is 5.76. The predicted octanol–water partition coefficient (Wildman–Crippen LogP) is 7.10. The van der Waals surface area contributed by atoms with E-state index in [0.717, 1.165) is 37.7 Å². The van der Waals surface area contributed by atoms with E-state index in [-0.39, 0.29) is 11.7 Å². The van der Waals surface area contributed by atoms with Crippen LogP contribution in [0.5, 0.6) is 11.5 Å². The van der Waals surface area contributed by atoms with Crippen molar-refractivity contribution in [3.05, 3.63) is 96.7 Å². The zero-order chi connectivity index (χ0) is 24.0. The van der Waals surface area contributed by atoms with Crippen LogP contribution in [0.15, 0.2) is 91.1 Å². The third kappa shape index (κ3) is 15.2. The van der Waals surface area contributed by atoms with Crippen LogP contribution in [0.25, 0.3) is 0 Å². The maximum atomic E-state index is 12.0. The van der Waals surface area contributed by atoms with Crippen molar-refractivity contribution < 1.29 is 14.6 Å². The van der Waals surface area contributed by atoms with E-state index in [0.29, 0.717) is 25.1 Å². The van der Waals surface area contributed by atoms with E-state index in [4.69, 9.17) is 4.74 Å². The highest BCUT2D eigenvalue weighted by Gasteiger charge is 2.04. The van der Waals surface area contributed by atoms with Gasteiger partial charge in [0.1, 0.15) is 0 Å². The molecule has 1 amide bonds. The van der Waals surface area contributed by atoms with Crippen molar-refractivity contribution in [2.45, 2.75) is 58.4 Å². The van der Waals surface area contributed by atoms with Gasteiger partial charge in [-0.3, -0.25) is 4.79 Å². The first-order valence-corrected chi connectivity index (χ1v) is 11.7. The monoisotopic (exact) mass is 449 g/mol. The number of allylic oxidation sites excluding steroid dienone is 12. The molecule has 0 atom stereocenters. The summed E-state index contributed by atoms with van der Waals surface area (Å²) in [6.07, 6.45) is 31.7. The number of benzene rings is 1. The molecule has 0 unspecified atom stereocenters. The lowest BCUT2D eigenvalue weighted by molar-refractivity contribution is -0.121. The van der Waals surface area contributed by atoms with Crippen molar-refractivity contribution in [2.75, 3.05) is 7.11 Å². The lowest BCUT2D eigenvalue weighted by atomic mass is 10.2. The summed E-state index contributed by atoms with van der Waals surface area (Å²) in [4.78, 5) is 12.0. The fraction of sp³-hybridized carbons (Fsp3) is 0.345. The zero-order valence-corrected chi connectivity index (χ0v) is 20.1. The number of carbonyl (C=O) groups is 1. The molecular formula is C29H39NO3. The second-order valence-corrected chi connectivity index (χ2v) is 7.41. The summed E-state index contributed by atoms with van der Waals surface area (Å²) >= 11 is 0. The fourth-order valence-corrected chi connectivity index (χ4v) is 2.83. The Morgan fingerprint density at radius 3 is 2.06 bits per heavy atom. The first kappa shape index (κ1) is 27.8. The van der Waals surface area contributed by atoms with Crippen molar-refractivity contribution >= 4 is 5.91 Å². The number of phenolic OH excluding ortho intramolecular Hbond substituents is 1. The molecule has 0 aromatic heterocycles. The van der Waals surface area contributed by atoms with Gasteiger partial charge in [-0.2, -0.15) is 0 Å². The van der Waals surface area contributed by atoms with Crippen LogP contribution in [0.4, 0.5) is 0 Å². The van der Waals surface area contributed by atoms with Crippen LogP contribution in [0.1, 0.15) is 57.4 Å². The Balaban J connectivity index is 2.07. The molecule has 0 aliphatic carbocycles. The standard InChI is InChI=1S/C29H39NO3/c1-3-4-5-6-7-8-9-10-11-12-13-14-15-16-17-18-19-20-21-29(32)30-25-26-22-23-27(31)28(24-26)33-2/h4-5,7-8,10-13,15-16,18-19,22-24,31H,3,6,9,14,17,20-21,25H2,1-2H3,(H,30,32)/b5-4-,8-7-,11-10-,13-12-,16-15-,19-18-. The van der Waals surface area contributed by atoms with Crippen LogP contribution >= 0.6 is 0 Å². The number of methoxy groups -OCH3 is 1. The zero-order valence-electron chi connectivity index (χ0n) is 20.1. The summed E-state index contributed by atoms with van der Waals surface area (Å²) in [7, 11) is 1.50. The van der Waals surface area contributed by atoms with Crippen molar-refractivity contribution in [1.29, 1.82) is 0 Å². The van der Waals surface area contributed by atoms with E-state index in [1.165, 1.54) is 7.11 Å². The van der Waals surface area contributed by atoms with E-state index >= 15 is 0 Å². The van der Waals surface area contributed by atoms with Gasteiger partial charge in [0, 0.05) is 13.0 Å². The minimum atomic E-state index is 0.00393. The second-order valence-electron chi connectivity index (χ2n) is 7.41. The van der Waals surface area contributed by atoms with E-state index in [1.807, 2.05) is 6.08 Å². The molecule has 0 aliphatic heterocycles. The number of hydrogen-bond acceptors (Lipinski definition) is 3. The fourth-order valence-electron chi connectivity index (χ4n) is 2.83. The summed E-state index contributed by atoms with van der Waals surface area (Å²) in [6, 6.07) is 5.05. The minimum Gasteiger partial charge on any atom is -0.504 e. The smallest absolute Gasteiger partial charge is 0.220 e. The van der Waals surface area contributed by atoms with Crippen molar-refractivity contribution in [3.63, 3.8) is 0 Å². The number of hydrogen-bond donors (Lipinski definition) is 2. The average molecular weight is 450 g/mol. The van der Waals surface area contributed by atoms with Crippen molar-refractivity contribution in [3.8, 4) is 11.5 Å². The molecule has 0 spiro atoms. The van der Waals surface area contributed by atoms with Crippen LogP contribution in [0, 0.1) is 0 Å². The van der Waals surface area contributed by atoms with E-state index < -0.39 is 0 Å². The molecule has 4 nitrogen and oxygen atoms in total. The lowest BCUT2D eigenvalue weighted by Gasteiger charge is -2.08. The van der Waals surface area contributed by atoms with Gasteiger partial charge in [-0.05, 0) is 56.2 Å². The highest BCUT2D eigenvalue weighted by atomic mass is 16.5. The normalized spacial score (nSPS) is 12.4. The lowest BCUT2D eigenvalue weighted by Crippen LogP contribution is -2.22. The minimum absolute atomic E-state index is 0.00393. The molecule has 0 bridgehead atoms. The summed E-state index contributed by atoms with van der Waals surface area (Å²) in [5, 5.41) is 12.5. The topological polar surface area (TPSA) is 58.6 Å². The third-order valence-electron chi connectivity index (χ3n) is 4.65. The van der Waals surface area contributed by atoms with Gasteiger partial charge < -0.3 is 15.2 Å². The number of rotatable bonds is 16. The van der Waals surface area contributed by atoms with Gasteiger partial charge in [0.25, 0.3) is 0 Å². The average Bonchev–Trinajstić information content (AvgIpc) is 2.82. The Labute approximate surface area is 199 Å². The van der Waals surface area contributed by atoms with E-state index in [2.05, 4.69) is 79.1 Å². The largest absolute Gasteiger partial charge is 0.504 e. The van der Waals surface area contributed by atoms with Crippen LogP contribution in [0.2, 0.25) is 0 Å². The van der Waals surface area contributed by atoms with Gasteiger partial charge in [0.2, 0.25) is 5.91 Å². The summed E-state index contributed by atoms with van der Waals surface area (Å²) in [5.41, 5.74) is 0.885. The quantitative estimate of drug-likeness (QED) is 0.209. The first-order chi connectivity index (χ1) is 16.2. The first-order valence-electron chi connectivity index (χ1n) is 11.7. The summed E-state index contributed by atoms with van der Waals surface area (Å²) in [6.45, 7) is 2.56. The molecule has 1 rings (SSSR count). The van der Waals surface area contributed by atoms with Crippen LogP contribution in [-0.2, 0) is 11.3 Å². The molecule has 33 heavy (non-hydrogen) atoms. The summed E-state index contributed by atoms with van der Waals surface area (Å²) < 4.78 is 5.07. The molecule has 1 aromatic carbocycles. The number of carbonyl (C=O) groups excluding carboxylic acids is 1. The number of amides is 1. The van der Waals surface area contributed by atoms with Gasteiger partial charge in [0.05, 0.1) is 7.11 Å². The van der Waals surface area contributed by atoms with Crippen LogP contribution in [0.3, 0.4) is 0 Å². The highest BCUT2D eigenvalue weighted by Crippen LogP contribution is 2.26. The SMILES string of the molecule is CC/C=C\C/C=C\C/C=C\C=C/C/C=C\C/C=C\CCC(=O)NCc1ccc(O)c(OC)c1. The molecule has 0 saturated heterocycles. The Morgan fingerprint density at radius 2 is 1.45 bits per heavy atom. The van der Waals surface area contributed by atoms with Crippen LogP contribution in [-0.4, -0.2) is 18.1 Å². The molecule has 0 aliphatic rings. The van der Waals surface area contributed by atoms with Crippen molar-refractivity contribution in [1.82, 2.24) is 5.32 Å². The van der Waals surface area contributed by atoms with Gasteiger partial charge >= 0.3 is 0 Å². The van der Waals surface area contributed by atoms with Gasteiger partial charge in [-0.1, -0.05) is 85.9 Å². The summed E-state index contributed by atoms with van der Waals surface area (Å²) in [5.74, 6) is 0.502. The van der Waals surface area contributed by atoms with Crippen LogP contribution < -0.4 is 10.1 Å². The van der Waals surface area contributed by atoms with E-state index in [9.17, 15) is 9.90 Å². The maximum Gasteiger partial charge on any atom is 0.220 e. The number of phenols is 1. The number of ether oxygens (including phenoxy) is 1. The molecule has 0 radical (unpaired) electrons. The molecule has 2 N–H and O–H groups in total. The van der Waals surface area contributed by atoms with Crippen molar-refractivity contribution in [2.24, 2.45) is 0 Å². The molecule has 0 fully saturated rings. The Morgan fingerprint density at radius 1 is 0.879 bits per heavy atom. The van der Waals surface area contributed by atoms with Gasteiger partial charge in [0.15, 0.2) is 11.5 Å². The maximum absolute atomic E-state index is 12.0. The van der Waals surface area contributed by atoms with E-state index in [1.54, 1.807) is 18.2 Å². The Hall–Kier alpha value is -3.27. The Kier molecular flexibility index (Phi) is 16.3. The molecular weight excluding hydrogens is 410 g/mol. The Bertz CT molecular complexity index is 844. The number of aromatic hydroxyl groups is 1.